The fraction of sp³-hybridized carbons (Fsp3) is 0.591. The third-order valence-electron chi connectivity index (χ3n) is 5.82. The van der Waals surface area contributed by atoms with Crippen LogP contribution < -0.4 is 5.32 Å². The Morgan fingerprint density at radius 2 is 1.83 bits per heavy atom. The molecule has 2 heterocycles. The fourth-order valence-corrected chi connectivity index (χ4v) is 5.17. The Morgan fingerprint density at radius 3 is 2.31 bits per heavy atom. The van der Waals surface area contributed by atoms with E-state index in [2.05, 4.69) is 16.3 Å². The summed E-state index contributed by atoms with van der Waals surface area (Å²) in [7, 11) is 3.96. The molecule has 0 unspecified atom stereocenters. The van der Waals surface area contributed by atoms with Gasteiger partial charge in [0.15, 0.2) is 0 Å². The van der Waals surface area contributed by atoms with Crippen LogP contribution in [0, 0.1) is 17.8 Å². The molecule has 0 saturated carbocycles. The molecule has 6 nitrogen and oxygen atoms in total. The zero-order valence-electron chi connectivity index (χ0n) is 17.6. The minimum atomic E-state index is -0.744. The van der Waals surface area contributed by atoms with Crippen LogP contribution in [-0.2, 0) is 14.4 Å². The van der Waals surface area contributed by atoms with Gasteiger partial charge >= 0.3 is 0 Å². The molecule has 0 radical (unpaired) electrons. The molecule has 1 aromatic heterocycles. The van der Waals surface area contributed by atoms with Crippen LogP contribution in [-0.4, -0.2) is 54.2 Å². The van der Waals surface area contributed by atoms with Crippen LogP contribution in [0.4, 0.5) is 0 Å². The maximum atomic E-state index is 13.2. The summed E-state index contributed by atoms with van der Waals surface area (Å²) in [6, 6.07) is 3.36. The lowest BCUT2D eigenvalue weighted by Crippen LogP contribution is -2.51. The van der Waals surface area contributed by atoms with Crippen molar-refractivity contribution in [3.8, 4) is 0 Å². The van der Waals surface area contributed by atoms with Gasteiger partial charge in [-0.3, -0.25) is 19.3 Å². The van der Waals surface area contributed by atoms with Crippen molar-refractivity contribution in [1.82, 2.24) is 15.1 Å². The summed E-state index contributed by atoms with van der Waals surface area (Å²) < 4.78 is 0. The number of fused-ring (bicyclic) bond motifs is 1. The quantitative estimate of drug-likeness (QED) is 0.522. The SMILES string of the molecule is CC(C)C[C@@H](C(=O)NC[C@H](c1cccs1)N(C)C)N1C(=O)[C@H]2CC=CC[C@H]2C1=O. The predicted molar refractivity (Wildman–Crippen MR) is 114 cm³/mol. The van der Waals surface area contributed by atoms with Crippen molar-refractivity contribution in [3.05, 3.63) is 34.5 Å². The first kappa shape index (κ1) is 21.7. The van der Waals surface area contributed by atoms with E-state index in [9.17, 15) is 14.4 Å². The molecule has 29 heavy (non-hydrogen) atoms. The minimum absolute atomic E-state index is 0.0513. The minimum Gasteiger partial charge on any atom is -0.352 e. The van der Waals surface area contributed by atoms with Gasteiger partial charge in [0.05, 0.1) is 17.9 Å². The zero-order valence-corrected chi connectivity index (χ0v) is 18.4. The van der Waals surface area contributed by atoms with Crippen LogP contribution in [0.5, 0.6) is 0 Å². The Bertz CT molecular complexity index is 746. The first-order chi connectivity index (χ1) is 13.8. The van der Waals surface area contributed by atoms with Gasteiger partial charge in [0.25, 0.3) is 0 Å². The smallest absolute Gasteiger partial charge is 0.243 e. The van der Waals surface area contributed by atoms with Gasteiger partial charge in [-0.2, -0.15) is 0 Å². The lowest BCUT2D eigenvalue weighted by Gasteiger charge is -2.29. The number of allylic oxidation sites excluding steroid dienone is 2. The average Bonchev–Trinajstić information content (AvgIpc) is 3.28. The standard InChI is InChI=1S/C22H31N3O3S/c1-14(2)12-17(25-21(27)15-8-5-6-9-16(15)22(25)28)20(26)23-13-18(24(3)4)19-10-7-11-29-19/h5-7,10-11,14-18H,8-9,12-13H2,1-4H3,(H,23,26)/t15-,16+,17-,18+/m0/s1. The molecule has 1 fully saturated rings. The number of carbonyl (C=O) groups excluding carboxylic acids is 3. The Balaban J connectivity index is 1.75. The van der Waals surface area contributed by atoms with E-state index < -0.39 is 6.04 Å². The van der Waals surface area contributed by atoms with Crippen LogP contribution in [0.1, 0.15) is 44.0 Å². The summed E-state index contributed by atoms with van der Waals surface area (Å²) in [4.78, 5) is 43.7. The first-order valence-corrected chi connectivity index (χ1v) is 11.2. The maximum Gasteiger partial charge on any atom is 0.243 e. The first-order valence-electron chi connectivity index (χ1n) is 10.3. The maximum absolute atomic E-state index is 13.2. The van der Waals surface area contributed by atoms with Gasteiger partial charge < -0.3 is 10.2 Å². The van der Waals surface area contributed by atoms with Crippen molar-refractivity contribution >= 4 is 29.1 Å². The number of thiophene rings is 1. The van der Waals surface area contributed by atoms with E-state index in [1.807, 2.05) is 51.5 Å². The molecule has 1 aromatic rings. The van der Waals surface area contributed by atoms with E-state index in [4.69, 9.17) is 0 Å². The Hall–Kier alpha value is -1.99. The number of rotatable bonds is 8. The van der Waals surface area contributed by atoms with Gasteiger partial charge in [0.2, 0.25) is 17.7 Å². The van der Waals surface area contributed by atoms with E-state index in [1.54, 1.807) is 11.3 Å². The van der Waals surface area contributed by atoms with Gasteiger partial charge in [0, 0.05) is 11.4 Å². The highest BCUT2D eigenvalue weighted by molar-refractivity contribution is 7.10. The lowest BCUT2D eigenvalue weighted by molar-refractivity contribution is -0.148. The summed E-state index contributed by atoms with van der Waals surface area (Å²) >= 11 is 1.65. The lowest BCUT2D eigenvalue weighted by atomic mass is 9.85. The largest absolute Gasteiger partial charge is 0.352 e. The number of amides is 3. The van der Waals surface area contributed by atoms with Crippen LogP contribution >= 0.6 is 11.3 Å². The molecule has 7 heteroatoms. The molecule has 3 rings (SSSR count). The van der Waals surface area contributed by atoms with E-state index in [0.717, 1.165) is 0 Å². The van der Waals surface area contributed by atoms with Crippen molar-refractivity contribution in [3.63, 3.8) is 0 Å². The third kappa shape index (κ3) is 4.61. The number of likely N-dealkylation sites (N-methyl/N-ethyl adjacent to an activating group) is 1. The molecular weight excluding hydrogens is 386 g/mol. The second kappa shape index (κ2) is 9.22. The third-order valence-corrected chi connectivity index (χ3v) is 6.79. The summed E-state index contributed by atoms with van der Waals surface area (Å²) in [6.07, 6.45) is 5.58. The van der Waals surface area contributed by atoms with Crippen molar-refractivity contribution in [2.75, 3.05) is 20.6 Å². The fourth-order valence-electron chi connectivity index (χ4n) is 4.24. The molecular formula is C22H31N3O3S. The van der Waals surface area contributed by atoms with E-state index in [1.165, 1.54) is 9.78 Å². The average molecular weight is 418 g/mol. The highest BCUT2D eigenvalue weighted by Gasteiger charge is 2.51. The predicted octanol–water partition coefficient (Wildman–Crippen LogP) is 2.83. The van der Waals surface area contributed by atoms with Crippen molar-refractivity contribution < 1.29 is 14.4 Å². The second-order valence-electron chi connectivity index (χ2n) is 8.59. The van der Waals surface area contributed by atoms with Crippen LogP contribution in [0.2, 0.25) is 0 Å². The van der Waals surface area contributed by atoms with Crippen molar-refractivity contribution in [2.24, 2.45) is 17.8 Å². The summed E-state index contributed by atoms with van der Waals surface area (Å²) in [5.74, 6) is -1.05. The molecule has 1 saturated heterocycles. The number of carbonyl (C=O) groups is 3. The molecule has 1 aliphatic carbocycles. The second-order valence-corrected chi connectivity index (χ2v) is 9.57. The van der Waals surface area contributed by atoms with E-state index in [0.29, 0.717) is 25.8 Å². The topological polar surface area (TPSA) is 69.7 Å². The molecule has 158 valence electrons. The summed E-state index contributed by atoms with van der Waals surface area (Å²) in [5, 5.41) is 5.04. The normalized spacial score (nSPS) is 23.6. The Labute approximate surface area is 176 Å². The number of likely N-dealkylation sites (tertiary alicyclic amines) is 1. The highest BCUT2D eigenvalue weighted by atomic mass is 32.1. The van der Waals surface area contributed by atoms with Gasteiger partial charge in [-0.1, -0.05) is 32.1 Å². The molecule has 3 amide bonds. The van der Waals surface area contributed by atoms with Gasteiger partial charge in [-0.25, -0.2) is 0 Å². The number of imide groups is 1. The van der Waals surface area contributed by atoms with E-state index >= 15 is 0 Å². The molecule has 0 aromatic carbocycles. The zero-order chi connectivity index (χ0) is 21.1. The van der Waals surface area contributed by atoms with E-state index in [-0.39, 0.29) is 41.5 Å². The van der Waals surface area contributed by atoms with Crippen LogP contribution in [0.3, 0.4) is 0 Å². The van der Waals surface area contributed by atoms with Crippen molar-refractivity contribution in [1.29, 1.82) is 0 Å². The molecule has 4 atom stereocenters. The van der Waals surface area contributed by atoms with Crippen molar-refractivity contribution in [2.45, 2.75) is 45.2 Å². The highest BCUT2D eigenvalue weighted by Crippen LogP contribution is 2.37. The van der Waals surface area contributed by atoms with Gasteiger partial charge in [-0.15, -0.1) is 11.3 Å². The number of nitrogens with one attached hydrogen (secondary N) is 1. The van der Waals surface area contributed by atoms with Gasteiger partial charge in [0.1, 0.15) is 6.04 Å². The van der Waals surface area contributed by atoms with Crippen LogP contribution in [0.15, 0.2) is 29.7 Å². The molecule has 2 aliphatic rings. The Kier molecular flexibility index (Phi) is 6.90. The number of nitrogens with zero attached hydrogens (tertiary/aromatic N) is 2. The molecule has 0 bridgehead atoms. The van der Waals surface area contributed by atoms with Crippen LogP contribution in [0.25, 0.3) is 0 Å². The Morgan fingerprint density at radius 1 is 1.21 bits per heavy atom. The van der Waals surface area contributed by atoms with Gasteiger partial charge in [-0.05, 0) is 50.7 Å². The number of hydrogen-bond acceptors (Lipinski definition) is 5. The molecule has 1 N–H and O–H groups in total. The summed E-state index contributed by atoms with van der Waals surface area (Å²) in [5.41, 5.74) is 0. The number of hydrogen-bond donors (Lipinski definition) is 1. The monoisotopic (exact) mass is 417 g/mol. The summed E-state index contributed by atoms with van der Waals surface area (Å²) in [6.45, 7) is 4.45. The molecule has 1 aliphatic heterocycles. The molecule has 0 spiro atoms.